The Hall–Kier alpha value is -2.82. The molecule has 4 aromatic rings. The number of furan rings is 1. The molecule has 3 heterocycles. The molecular weight excluding hydrogens is 281 g/mol. The van der Waals surface area contributed by atoms with Gasteiger partial charge in [-0.05, 0) is 36.8 Å². The summed E-state index contributed by atoms with van der Waals surface area (Å²) in [4.78, 5) is 8.01. The van der Waals surface area contributed by atoms with Crippen LogP contribution in [0.5, 0.6) is 0 Å². The van der Waals surface area contributed by atoms with Gasteiger partial charge in [-0.3, -0.25) is 4.98 Å². The Bertz CT molecular complexity index is 1020. The minimum atomic E-state index is -0.540. The molecule has 5 heteroatoms. The smallest absolute Gasteiger partial charge is 0.231 e. The van der Waals surface area contributed by atoms with E-state index in [1.54, 1.807) is 12.3 Å². The van der Waals surface area contributed by atoms with Crippen LogP contribution in [-0.2, 0) is 7.05 Å². The molecule has 108 valence electrons. The highest BCUT2D eigenvalue weighted by molar-refractivity contribution is 6.05. The van der Waals surface area contributed by atoms with Crippen LogP contribution >= 0.6 is 0 Å². The maximum Gasteiger partial charge on any atom is 0.231 e. The van der Waals surface area contributed by atoms with Crippen LogP contribution in [0.25, 0.3) is 33.3 Å². The van der Waals surface area contributed by atoms with Gasteiger partial charge in [0.05, 0.1) is 18.0 Å². The largest absolute Gasteiger partial charge is 0.438 e. The molecule has 0 fully saturated rings. The molecule has 0 spiro atoms. The summed E-state index contributed by atoms with van der Waals surface area (Å²) in [6.45, 7) is 2.02. The third-order valence-electron chi connectivity index (χ3n) is 3.88. The highest BCUT2D eigenvalue weighted by Gasteiger charge is 2.17. The first kappa shape index (κ1) is 12.9. The fourth-order valence-corrected chi connectivity index (χ4v) is 2.74. The fraction of sp³-hybridized carbons (Fsp3) is 0.118. The normalized spacial score (nSPS) is 11.4. The summed E-state index contributed by atoms with van der Waals surface area (Å²) >= 11 is 0. The van der Waals surface area contributed by atoms with E-state index in [9.17, 15) is 4.39 Å². The van der Waals surface area contributed by atoms with Crippen molar-refractivity contribution in [2.24, 2.45) is 7.05 Å². The van der Waals surface area contributed by atoms with Crippen LogP contribution in [0.15, 0.2) is 47.3 Å². The van der Waals surface area contributed by atoms with Gasteiger partial charge < -0.3 is 4.42 Å². The highest BCUT2D eigenvalue weighted by Crippen LogP contribution is 2.32. The topological polar surface area (TPSA) is 42.8 Å². The molecular formula is C17H13FN3O+. The molecule has 0 aliphatic carbocycles. The molecule has 0 radical (unpaired) electrons. The minimum absolute atomic E-state index is 0.321. The van der Waals surface area contributed by atoms with Crippen LogP contribution in [-0.4, -0.2) is 9.97 Å². The van der Waals surface area contributed by atoms with Crippen LogP contribution < -0.4 is 4.57 Å². The molecule has 4 nitrogen and oxygen atoms in total. The van der Waals surface area contributed by atoms with E-state index in [4.69, 9.17) is 4.42 Å². The maximum atomic E-state index is 13.3. The molecule has 0 atom stereocenters. The van der Waals surface area contributed by atoms with Crippen molar-refractivity contribution >= 4 is 22.1 Å². The van der Waals surface area contributed by atoms with E-state index in [1.165, 1.54) is 6.07 Å². The SMILES string of the molecule is Cc1cc2oc3nc(F)ccc3c2cc1-c1cncc[n+]1C. The van der Waals surface area contributed by atoms with Gasteiger partial charge in [-0.2, -0.15) is 13.9 Å². The number of aryl methyl sites for hydroxylation is 2. The van der Waals surface area contributed by atoms with Crippen molar-refractivity contribution in [2.75, 3.05) is 0 Å². The summed E-state index contributed by atoms with van der Waals surface area (Å²) in [5, 5.41) is 1.73. The number of rotatable bonds is 1. The van der Waals surface area contributed by atoms with E-state index in [2.05, 4.69) is 9.97 Å². The van der Waals surface area contributed by atoms with Crippen molar-refractivity contribution in [3.05, 3.63) is 54.4 Å². The van der Waals surface area contributed by atoms with E-state index in [1.807, 2.05) is 43.1 Å². The van der Waals surface area contributed by atoms with Crippen LogP contribution in [0.4, 0.5) is 4.39 Å². The zero-order valence-corrected chi connectivity index (χ0v) is 12.2. The quantitative estimate of drug-likeness (QED) is 0.399. The fourth-order valence-electron chi connectivity index (χ4n) is 2.74. The van der Waals surface area contributed by atoms with Crippen LogP contribution in [0, 0.1) is 12.9 Å². The predicted molar refractivity (Wildman–Crippen MR) is 80.6 cm³/mol. The van der Waals surface area contributed by atoms with Crippen molar-refractivity contribution in [1.82, 2.24) is 9.97 Å². The summed E-state index contributed by atoms with van der Waals surface area (Å²) < 4.78 is 20.9. The molecule has 0 aliphatic rings. The van der Waals surface area contributed by atoms with Crippen molar-refractivity contribution in [1.29, 1.82) is 0 Å². The summed E-state index contributed by atoms with van der Waals surface area (Å²) in [7, 11) is 1.98. The average molecular weight is 294 g/mol. The van der Waals surface area contributed by atoms with Crippen molar-refractivity contribution in [3.8, 4) is 11.3 Å². The highest BCUT2D eigenvalue weighted by atomic mass is 19.1. The third-order valence-corrected chi connectivity index (χ3v) is 3.88. The zero-order valence-electron chi connectivity index (χ0n) is 12.2. The number of aromatic nitrogens is 3. The van der Waals surface area contributed by atoms with Crippen molar-refractivity contribution in [2.45, 2.75) is 6.92 Å². The lowest BCUT2D eigenvalue weighted by Crippen LogP contribution is -2.30. The number of halogens is 1. The van der Waals surface area contributed by atoms with E-state index in [-0.39, 0.29) is 0 Å². The first-order valence-corrected chi connectivity index (χ1v) is 6.93. The molecule has 22 heavy (non-hydrogen) atoms. The number of benzene rings is 1. The Morgan fingerprint density at radius 3 is 2.86 bits per heavy atom. The third kappa shape index (κ3) is 1.86. The van der Waals surface area contributed by atoms with Gasteiger partial charge in [-0.1, -0.05) is 0 Å². The molecule has 0 bridgehead atoms. The Morgan fingerprint density at radius 2 is 2.05 bits per heavy atom. The van der Waals surface area contributed by atoms with E-state index < -0.39 is 5.95 Å². The molecule has 3 aromatic heterocycles. The second-order valence-corrected chi connectivity index (χ2v) is 5.32. The molecule has 1 aromatic carbocycles. The van der Waals surface area contributed by atoms with Crippen LogP contribution in [0.1, 0.15) is 5.56 Å². The van der Waals surface area contributed by atoms with Crippen molar-refractivity contribution in [3.63, 3.8) is 0 Å². The Balaban J connectivity index is 2.07. The van der Waals surface area contributed by atoms with E-state index in [0.29, 0.717) is 11.3 Å². The molecule has 0 aliphatic heterocycles. The number of hydrogen-bond acceptors (Lipinski definition) is 3. The van der Waals surface area contributed by atoms with Gasteiger partial charge in [0.2, 0.25) is 17.4 Å². The first-order valence-electron chi connectivity index (χ1n) is 6.93. The molecule has 0 unspecified atom stereocenters. The van der Waals surface area contributed by atoms with E-state index in [0.717, 1.165) is 27.6 Å². The van der Waals surface area contributed by atoms with Crippen LogP contribution in [0.3, 0.4) is 0 Å². The molecule has 0 amide bonds. The predicted octanol–water partition coefficient (Wildman–Crippen LogP) is 3.32. The standard InChI is InChI=1S/C17H13FN3O/c1-10-7-15-13(11-3-4-16(18)20-17(11)22-15)8-12(10)14-9-19-5-6-21(14)2/h3-9H,1-2H3/q+1. The molecule has 4 rings (SSSR count). The second kappa shape index (κ2) is 4.59. The number of pyridine rings is 1. The average Bonchev–Trinajstić information content (AvgIpc) is 2.83. The van der Waals surface area contributed by atoms with Gasteiger partial charge in [-0.15, -0.1) is 0 Å². The number of hydrogen-bond donors (Lipinski definition) is 0. The summed E-state index contributed by atoms with van der Waals surface area (Å²) in [5.74, 6) is -0.540. The lowest BCUT2D eigenvalue weighted by atomic mass is 10.0. The van der Waals surface area contributed by atoms with Crippen LogP contribution in [0.2, 0.25) is 0 Å². The van der Waals surface area contributed by atoms with Gasteiger partial charge in [0.25, 0.3) is 0 Å². The molecule has 0 N–H and O–H groups in total. The second-order valence-electron chi connectivity index (χ2n) is 5.32. The monoisotopic (exact) mass is 294 g/mol. The zero-order chi connectivity index (χ0) is 15.3. The Morgan fingerprint density at radius 1 is 1.18 bits per heavy atom. The number of fused-ring (bicyclic) bond motifs is 3. The molecule has 0 saturated carbocycles. The van der Waals surface area contributed by atoms with Gasteiger partial charge >= 0.3 is 0 Å². The summed E-state index contributed by atoms with van der Waals surface area (Å²) in [5.41, 5.74) is 4.17. The van der Waals surface area contributed by atoms with Gasteiger partial charge in [0.1, 0.15) is 12.6 Å². The number of nitrogens with zero attached hydrogens (tertiary/aromatic N) is 3. The minimum Gasteiger partial charge on any atom is -0.438 e. The Kier molecular flexibility index (Phi) is 2.69. The Labute approximate surface area is 125 Å². The van der Waals surface area contributed by atoms with E-state index >= 15 is 0 Å². The summed E-state index contributed by atoms with van der Waals surface area (Å²) in [6, 6.07) is 7.05. The lowest BCUT2D eigenvalue weighted by Gasteiger charge is -2.03. The first-order chi connectivity index (χ1) is 10.6. The van der Waals surface area contributed by atoms with Crippen molar-refractivity contribution < 1.29 is 13.4 Å². The lowest BCUT2D eigenvalue weighted by molar-refractivity contribution is -0.660. The van der Waals surface area contributed by atoms with Gasteiger partial charge in [0, 0.05) is 10.8 Å². The van der Waals surface area contributed by atoms with Gasteiger partial charge in [-0.25, -0.2) is 0 Å². The summed E-state index contributed by atoms with van der Waals surface area (Å²) in [6.07, 6.45) is 5.48. The van der Waals surface area contributed by atoms with Gasteiger partial charge in [0.15, 0.2) is 6.20 Å². The maximum absolute atomic E-state index is 13.3. The molecule has 0 saturated heterocycles.